The van der Waals surface area contributed by atoms with Crippen molar-refractivity contribution in [3.63, 3.8) is 0 Å². The molecule has 2 aromatic carbocycles. The molecule has 0 aromatic heterocycles. The van der Waals surface area contributed by atoms with Crippen molar-refractivity contribution in [2.24, 2.45) is 0 Å². The fraction of sp³-hybridized carbons (Fsp3) is 0.316. The van der Waals surface area contributed by atoms with Gasteiger partial charge in [-0.2, -0.15) is 0 Å². The van der Waals surface area contributed by atoms with Crippen molar-refractivity contribution in [2.75, 3.05) is 30.3 Å². The molecule has 0 radical (unpaired) electrons. The van der Waals surface area contributed by atoms with E-state index in [1.54, 1.807) is 31.2 Å². The highest BCUT2D eigenvalue weighted by Crippen LogP contribution is 2.17. The summed E-state index contributed by atoms with van der Waals surface area (Å²) in [5.41, 5.74) is 2.10. The lowest BCUT2D eigenvalue weighted by Crippen LogP contribution is -2.29. The van der Waals surface area contributed by atoms with Crippen molar-refractivity contribution in [3.8, 4) is 5.75 Å². The van der Waals surface area contributed by atoms with Crippen LogP contribution in [0.25, 0.3) is 0 Å². The fourth-order valence-corrected chi connectivity index (χ4v) is 3.15. The number of ether oxygens (including phenoxy) is 1. The van der Waals surface area contributed by atoms with Crippen LogP contribution in [0.5, 0.6) is 5.75 Å². The van der Waals surface area contributed by atoms with E-state index in [1.807, 2.05) is 31.2 Å². The third kappa shape index (κ3) is 5.23. The molecule has 0 atom stereocenters. The number of amides is 1. The number of benzene rings is 2. The van der Waals surface area contributed by atoms with E-state index in [9.17, 15) is 13.2 Å². The van der Waals surface area contributed by atoms with Gasteiger partial charge < -0.3 is 10.1 Å². The number of aryl methyl sites for hydroxylation is 1. The number of nitrogens with one attached hydrogen (secondary N) is 1. The first-order chi connectivity index (χ1) is 12.3. The molecule has 0 heterocycles. The van der Waals surface area contributed by atoms with Crippen LogP contribution in [-0.2, 0) is 10.0 Å². The summed E-state index contributed by atoms with van der Waals surface area (Å²) in [6.07, 6.45) is 0. The van der Waals surface area contributed by atoms with E-state index >= 15 is 0 Å². The Kier molecular flexibility index (Phi) is 6.63. The van der Waals surface area contributed by atoms with E-state index in [0.29, 0.717) is 24.4 Å². The zero-order valence-electron chi connectivity index (χ0n) is 15.2. The highest BCUT2D eigenvalue weighted by molar-refractivity contribution is 7.92. The van der Waals surface area contributed by atoms with E-state index in [-0.39, 0.29) is 11.7 Å². The minimum absolute atomic E-state index is 0.0205. The molecule has 0 aliphatic rings. The molecule has 0 spiro atoms. The van der Waals surface area contributed by atoms with Crippen LogP contribution in [0.1, 0.15) is 22.8 Å². The molecule has 6 nitrogen and oxygen atoms in total. The Balaban J connectivity index is 1.86. The molecule has 140 valence electrons. The topological polar surface area (TPSA) is 75.7 Å². The smallest absolute Gasteiger partial charge is 0.251 e. The Bertz CT molecular complexity index is 848. The zero-order chi connectivity index (χ0) is 19.2. The summed E-state index contributed by atoms with van der Waals surface area (Å²) in [5, 5.41) is 2.78. The van der Waals surface area contributed by atoms with Gasteiger partial charge >= 0.3 is 0 Å². The zero-order valence-corrected chi connectivity index (χ0v) is 16.0. The second-order valence-corrected chi connectivity index (χ2v) is 8.12. The minimum atomic E-state index is -3.32. The van der Waals surface area contributed by atoms with Crippen LogP contribution in [0.3, 0.4) is 0 Å². The molecule has 0 fully saturated rings. The second-order valence-electron chi connectivity index (χ2n) is 5.84. The number of carbonyl (C=O) groups is 1. The maximum atomic E-state index is 12.1. The van der Waals surface area contributed by atoms with Gasteiger partial charge in [-0.3, -0.25) is 9.10 Å². The lowest BCUT2D eigenvalue weighted by atomic mass is 10.2. The lowest BCUT2D eigenvalue weighted by Gasteiger charge is -2.18. The Hall–Kier alpha value is -2.54. The number of hydrogen-bond acceptors (Lipinski definition) is 4. The van der Waals surface area contributed by atoms with Crippen LogP contribution in [-0.4, -0.2) is 40.3 Å². The molecule has 0 saturated carbocycles. The molecule has 0 saturated heterocycles. The van der Waals surface area contributed by atoms with Crippen molar-refractivity contribution in [1.82, 2.24) is 5.32 Å². The van der Waals surface area contributed by atoms with Crippen molar-refractivity contribution in [1.29, 1.82) is 0 Å². The number of nitrogens with zero attached hydrogens (tertiary/aromatic N) is 1. The summed E-state index contributed by atoms with van der Waals surface area (Å²) in [4.78, 5) is 12.1. The highest BCUT2D eigenvalue weighted by Gasteiger charge is 2.16. The maximum Gasteiger partial charge on any atom is 0.251 e. The van der Waals surface area contributed by atoms with Crippen molar-refractivity contribution < 1.29 is 17.9 Å². The first-order valence-electron chi connectivity index (χ1n) is 8.38. The summed E-state index contributed by atoms with van der Waals surface area (Å²) in [5.74, 6) is 0.557. The number of rotatable bonds is 8. The lowest BCUT2D eigenvalue weighted by molar-refractivity contribution is 0.0947. The SMILES string of the molecule is CCS(=O)(=O)N(C)c1ccc(C(=O)NCCOc2cccc(C)c2)cc1. The van der Waals surface area contributed by atoms with Gasteiger partial charge in [-0.25, -0.2) is 8.42 Å². The molecule has 0 aliphatic heterocycles. The third-order valence-electron chi connectivity index (χ3n) is 3.92. The molecule has 1 amide bonds. The molecule has 2 aromatic rings. The summed E-state index contributed by atoms with van der Waals surface area (Å²) >= 11 is 0. The van der Waals surface area contributed by atoms with Gasteiger partial charge in [0.15, 0.2) is 0 Å². The van der Waals surface area contributed by atoms with Crippen LogP contribution in [0.15, 0.2) is 48.5 Å². The van der Waals surface area contributed by atoms with Crippen LogP contribution in [0.2, 0.25) is 0 Å². The van der Waals surface area contributed by atoms with Crippen LogP contribution < -0.4 is 14.4 Å². The standard InChI is InChI=1S/C19H24N2O4S/c1-4-26(23,24)21(3)17-10-8-16(9-11-17)19(22)20-12-13-25-18-7-5-6-15(2)14-18/h5-11,14H,4,12-13H2,1-3H3,(H,20,22). The van der Waals surface area contributed by atoms with Gasteiger partial charge in [0, 0.05) is 12.6 Å². The van der Waals surface area contributed by atoms with Crippen LogP contribution in [0.4, 0.5) is 5.69 Å². The Morgan fingerprint density at radius 1 is 1.15 bits per heavy atom. The van der Waals surface area contributed by atoms with Crippen LogP contribution in [0, 0.1) is 6.92 Å². The van der Waals surface area contributed by atoms with Crippen molar-refractivity contribution in [2.45, 2.75) is 13.8 Å². The predicted molar refractivity (Wildman–Crippen MR) is 103 cm³/mol. The van der Waals surface area contributed by atoms with Crippen molar-refractivity contribution >= 4 is 21.6 Å². The summed E-state index contributed by atoms with van der Waals surface area (Å²) in [7, 11) is -1.82. The second kappa shape index (κ2) is 8.71. The van der Waals surface area contributed by atoms with E-state index in [0.717, 1.165) is 11.3 Å². The molecular weight excluding hydrogens is 352 g/mol. The third-order valence-corrected chi connectivity index (χ3v) is 5.70. The molecule has 7 heteroatoms. The molecule has 2 rings (SSSR count). The Labute approximate surface area is 154 Å². The normalized spacial score (nSPS) is 11.0. The minimum Gasteiger partial charge on any atom is -0.492 e. The number of anilines is 1. The molecule has 0 unspecified atom stereocenters. The highest BCUT2D eigenvalue weighted by atomic mass is 32.2. The Morgan fingerprint density at radius 2 is 1.85 bits per heavy atom. The average molecular weight is 376 g/mol. The van der Waals surface area contributed by atoms with Gasteiger partial charge in [-0.1, -0.05) is 12.1 Å². The average Bonchev–Trinajstić information content (AvgIpc) is 2.64. The van der Waals surface area contributed by atoms with Gasteiger partial charge in [0.1, 0.15) is 12.4 Å². The molecule has 26 heavy (non-hydrogen) atoms. The summed E-state index contributed by atoms with van der Waals surface area (Å²) < 4.78 is 30.5. The first-order valence-corrected chi connectivity index (χ1v) is 9.98. The molecule has 0 aliphatic carbocycles. The van der Waals surface area contributed by atoms with Crippen LogP contribution >= 0.6 is 0 Å². The van der Waals surface area contributed by atoms with Gasteiger partial charge in [-0.05, 0) is 55.8 Å². The predicted octanol–water partition coefficient (Wildman–Crippen LogP) is 2.59. The fourth-order valence-electron chi connectivity index (χ4n) is 2.32. The number of sulfonamides is 1. The van der Waals surface area contributed by atoms with Gasteiger partial charge in [0.25, 0.3) is 5.91 Å². The molecule has 1 N–H and O–H groups in total. The van der Waals surface area contributed by atoms with E-state index in [1.165, 1.54) is 11.4 Å². The van der Waals surface area contributed by atoms with Gasteiger partial charge in [0.05, 0.1) is 18.0 Å². The van der Waals surface area contributed by atoms with E-state index < -0.39 is 10.0 Å². The number of carbonyl (C=O) groups excluding carboxylic acids is 1. The Morgan fingerprint density at radius 3 is 2.46 bits per heavy atom. The summed E-state index contributed by atoms with van der Waals surface area (Å²) in [6, 6.07) is 14.1. The van der Waals surface area contributed by atoms with E-state index in [2.05, 4.69) is 5.32 Å². The molecular formula is C19H24N2O4S. The maximum absolute atomic E-state index is 12.1. The first kappa shape index (κ1) is 19.8. The quantitative estimate of drug-likeness (QED) is 0.719. The van der Waals surface area contributed by atoms with Gasteiger partial charge in [-0.15, -0.1) is 0 Å². The van der Waals surface area contributed by atoms with Crippen molar-refractivity contribution in [3.05, 3.63) is 59.7 Å². The molecule has 0 bridgehead atoms. The monoisotopic (exact) mass is 376 g/mol. The van der Waals surface area contributed by atoms with Gasteiger partial charge in [0.2, 0.25) is 10.0 Å². The largest absolute Gasteiger partial charge is 0.492 e. The summed E-state index contributed by atoms with van der Waals surface area (Å²) in [6.45, 7) is 4.32. The number of hydrogen-bond donors (Lipinski definition) is 1. The van der Waals surface area contributed by atoms with E-state index in [4.69, 9.17) is 4.74 Å².